The molecule has 0 fully saturated rings. The summed E-state index contributed by atoms with van der Waals surface area (Å²) in [5.41, 5.74) is 4.85. The average Bonchev–Trinajstić information content (AvgIpc) is 2.83. The van der Waals surface area contributed by atoms with Crippen molar-refractivity contribution in [3.8, 4) is 11.3 Å². The van der Waals surface area contributed by atoms with Gasteiger partial charge in [-0.3, -0.25) is 9.20 Å². The number of carbonyl (C=O) groups is 1. The Kier molecular flexibility index (Phi) is 3.56. The molecule has 3 rings (SSSR count). The maximum Gasteiger partial charge on any atom is 0.259 e. The molecule has 0 atom stereocenters. The van der Waals surface area contributed by atoms with Crippen molar-refractivity contribution in [1.29, 1.82) is 0 Å². The highest BCUT2D eigenvalue weighted by molar-refractivity contribution is 5.75. The molecule has 2 heterocycles. The first kappa shape index (κ1) is 15.1. The van der Waals surface area contributed by atoms with Gasteiger partial charge in [-0.15, -0.1) is 0 Å². The molecule has 5 nitrogen and oxygen atoms in total. The van der Waals surface area contributed by atoms with Crippen molar-refractivity contribution in [2.45, 2.75) is 27.2 Å². The van der Waals surface area contributed by atoms with Gasteiger partial charge >= 0.3 is 0 Å². The third kappa shape index (κ3) is 2.54. The number of nitrogens with one attached hydrogen (secondary N) is 1. The Morgan fingerprint density at radius 2 is 1.83 bits per heavy atom. The van der Waals surface area contributed by atoms with Crippen LogP contribution in [0.25, 0.3) is 16.9 Å². The van der Waals surface area contributed by atoms with Crippen LogP contribution in [0, 0.1) is 20.8 Å². The Hall–Kier alpha value is -2.82. The Morgan fingerprint density at radius 3 is 2.43 bits per heavy atom. The molecule has 23 heavy (non-hydrogen) atoms. The molecule has 0 radical (unpaired) electrons. The van der Waals surface area contributed by atoms with Crippen LogP contribution in [0.2, 0.25) is 0 Å². The zero-order chi connectivity index (χ0) is 16.7. The molecule has 0 aliphatic carbocycles. The van der Waals surface area contributed by atoms with Crippen molar-refractivity contribution in [1.82, 2.24) is 9.38 Å². The highest BCUT2D eigenvalue weighted by Crippen LogP contribution is 2.25. The fourth-order valence-corrected chi connectivity index (χ4v) is 2.76. The van der Waals surface area contributed by atoms with E-state index in [1.54, 1.807) is 6.92 Å². The molecule has 2 aromatic heterocycles. The van der Waals surface area contributed by atoms with E-state index in [4.69, 9.17) is 0 Å². The fourth-order valence-electron chi connectivity index (χ4n) is 2.76. The molecule has 0 bridgehead atoms. The summed E-state index contributed by atoms with van der Waals surface area (Å²) in [6, 6.07) is 9.56. The molecule has 0 amide bonds. The smallest absolute Gasteiger partial charge is 0.259 e. The van der Waals surface area contributed by atoms with Gasteiger partial charge in [0.2, 0.25) is 0 Å². The van der Waals surface area contributed by atoms with Crippen LogP contribution < -0.4 is 10.7 Å². The standard InChI is InChI=1S/C18H18N2O3/c1-10-4-6-13(7-5-10)17-14(9-16(21)22)20-15(19-17)8-11(2)12(3)18(20)23/h4-8,19H,9H2,1-3H3,(H,21,22)/p-1. The number of fused-ring (bicyclic) bond motifs is 1. The van der Waals surface area contributed by atoms with Gasteiger partial charge in [0, 0.05) is 18.0 Å². The number of hydrogen-bond donors (Lipinski definition) is 1. The molecule has 1 aromatic carbocycles. The minimum Gasteiger partial charge on any atom is -0.550 e. The van der Waals surface area contributed by atoms with Crippen LogP contribution >= 0.6 is 0 Å². The van der Waals surface area contributed by atoms with Gasteiger partial charge in [-0.05, 0) is 38.0 Å². The molecule has 0 saturated carbocycles. The van der Waals surface area contributed by atoms with Gasteiger partial charge in [-0.25, -0.2) is 0 Å². The van der Waals surface area contributed by atoms with Gasteiger partial charge in [0.25, 0.3) is 5.56 Å². The van der Waals surface area contributed by atoms with Crippen molar-refractivity contribution in [2.75, 3.05) is 0 Å². The van der Waals surface area contributed by atoms with Crippen molar-refractivity contribution in [3.63, 3.8) is 0 Å². The molecular weight excluding hydrogens is 292 g/mol. The van der Waals surface area contributed by atoms with Crippen LogP contribution in [-0.2, 0) is 11.2 Å². The van der Waals surface area contributed by atoms with Gasteiger partial charge in [-0.2, -0.15) is 0 Å². The summed E-state index contributed by atoms with van der Waals surface area (Å²) in [6.45, 7) is 5.58. The van der Waals surface area contributed by atoms with E-state index in [9.17, 15) is 14.7 Å². The van der Waals surface area contributed by atoms with Gasteiger partial charge in [0.15, 0.2) is 0 Å². The van der Waals surface area contributed by atoms with E-state index in [-0.39, 0.29) is 12.0 Å². The second-order valence-electron chi connectivity index (χ2n) is 5.84. The number of rotatable bonds is 3. The largest absolute Gasteiger partial charge is 0.550 e. The van der Waals surface area contributed by atoms with Gasteiger partial charge in [0.05, 0.1) is 11.4 Å². The number of aryl methyl sites for hydroxylation is 2. The van der Waals surface area contributed by atoms with E-state index in [0.29, 0.717) is 22.6 Å². The zero-order valence-corrected chi connectivity index (χ0v) is 13.3. The zero-order valence-electron chi connectivity index (χ0n) is 13.3. The number of carbonyl (C=O) groups excluding carboxylic acids is 1. The first-order valence-electron chi connectivity index (χ1n) is 7.39. The SMILES string of the molecule is Cc1ccc(-c2[nH]c3cc(C)c(C)c(=O)n3c2CC(=O)[O-])cc1. The van der Waals surface area contributed by atoms with Crippen molar-refractivity contribution in [3.05, 3.63) is 63.1 Å². The first-order valence-corrected chi connectivity index (χ1v) is 7.39. The third-order valence-corrected chi connectivity index (χ3v) is 4.17. The molecule has 3 aromatic rings. The fraction of sp³-hybridized carbons (Fsp3) is 0.222. The quantitative estimate of drug-likeness (QED) is 0.796. The number of aromatic amines is 1. The Labute approximate surface area is 133 Å². The average molecular weight is 309 g/mol. The highest BCUT2D eigenvalue weighted by atomic mass is 16.4. The second-order valence-corrected chi connectivity index (χ2v) is 5.84. The lowest BCUT2D eigenvalue weighted by atomic mass is 10.1. The minimum absolute atomic E-state index is 0.203. The van der Waals surface area contributed by atoms with E-state index in [0.717, 1.165) is 16.7 Å². The van der Waals surface area contributed by atoms with Crippen molar-refractivity contribution in [2.24, 2.45) is 0 Å². The number of carboxylic acids is 1. The van der Waals surface area contributed by atoms with Crippen LogP contribution in [0.1, 0.15) is 22.4 Å². The van der Waals surface area contributed by atoms with Gasteiger partial charge < -0.3 is 14.9 Å². The minimum atomic E-state index is -1.22. The summed E-state index contributed by atoms with van der Waals surface area (Å²) < 4.78 is 1.44. The molecule has 0 aliphatic rings. The second kappa shape index (κ2) is 5.43. The lowest BCUT2D eigenvalue weighted by molar-refractivity contribution is -0.304. The molecule has 5 heteroatoms. The Bertz CT molecular complexity index is 963. The summed E-state index contributed by atoms with van der Waals surface area (Å²) in [5, 5.41) is 11.2. The third-order valence-electron chi connectivity index (χ3n) is 4.17. The summed E-state index contributed by atoms with van der Waals surface area (Å²) >= 11 is 0. The molecule has 1 N–H and O–H groups in total. The molecule has 118 valence electrons. The Balaban J connectivity index is 2.37. The van der Waals surface area contributed by atoms with Crippen molar-refractivity contribution >= 4 is 11.6 Å². The number of pyridine rings is 1. The van der Waals surface area contributed by atoms with Crippen LogP contribution in [0.4, 0.5) is 0 Å². The van der Waals surface area contributed by atoms with E-state index in [1.165, 1.54) is 4.40 Å². The highest BCUT2D eigenvalue weighted by Gasteiger charge is 2.16. The summed E-state index contributed by atoms with van der Waals surface area (Å²) in [6.07, 6.45) is -0.328. The van der Waals surface area contributed by atoms with Crippen LogP contribution in [0.3, 0.4) is 0 Å². The van der Waals surface area contributed by atoms with E-state index in [2.05, 4.69) is 4.98 Å². The van der Waals surface area contributed by atoms with Crippen LogP contribution in [-0.4, -0.2) is 15.4 Å². The van der Waals surface area contributed by atoms with E-state index >= 15 is 0 Å². The number of benzene rings is 1. The van der Waals surface area contributed by atoms with Crippen LogP contribution in [0.5, 0.6) is 0 Å². The molecule has 0 saturated heterocycles. The maximum absolute atomic E-state index is 12.6. The lowest BCUT2D eigenvalue weighted by Crippen LogP contribution is -2.27. The van der Waals surface area contributed by atoms with Crippen LogP contribution in [0.15, 0.2) is 35.1 Å². The molecular formula is C18H17N2O3-. The summed E-state index contributed by atoms with van der Waals surface area (Å²) in [5.74, 6) is -1.22. The first-order chi connectivity index (χ1) is 10.9. The monoisotopic (exact) mass is 309 g/mol. The van der Waals surface area contributed by atoms with Gasteiger partial charge in [0.1, 0.15) is 5.65 Å². The molecule has 0 unspecified atom stereocenters. The van der Waals surface area contributed by atoms with Gasteiger partial charge in [-0.1, -0.05) is 29.8 Å². The number of carboxylic acid groups (broad SMARTS) is 1. The number of imidazole rings is 1. The topological polar surface area (TPSA) is 77.4 Å². The summed E-state index contributed by atoms with van der Waals surface area (Å²) in [7, 11) is 0. The maximum atomic E-state index is 12.6. The van der Waals surface area contributed by atoms with E-state index < -0.39 is 5.97 Å². The predicted octanol–water partition coefficient (Wildman–Crippen LogP) is 1.51. The molecule has 0 aliphatic heterocycles. The number of aromatic nitrogens is 2. The summed E-state index contributed by atoms with van der Waals surface area (Å²) in [4.78, 5) is 26.9. The number of aliphatic carboxylic acids is 1. The predicted molar refractivity (Wildman–Crippen MR) is 86.4 cm³/mol. The number of nitrogens with zero attached hydrogens (tertiary/aromatic N) is 1. The lowest BCUT2D eigenvalue weighted by Gasteiger charge is -2.07. The normalized spacial score (nSPS) is 11.1. The Morgan fingerprint density at radius 1 is 1.17 bits per heavy atom. The van der Waals surface area contributed by atoms with E-state index in [1.807, 2.05) is 44.2 Å². The number of hydrogen-bond acceptors (Lipinski definition) is 3. The number of H-pyrrole nitrogens is 1. The molecule has 0 spiro atoms. The van der Waals surface area contributed by atoms with Crippen molar-refractivity contribution < 1.29 is 9.90 Å².